The Kier molecular flexibility index (Phi) is 4.67. The van der Waals surface area contributed by atoms with E-state index in [4.69, 9.17) is 15.4 Å². The molecule has 0 aromatic rings. The number of azide groups is 1. The van der Waals surface area contributed by atoms with E-state index in [0.717, 1.165) is 0 Å². The molecule has 0 aromatic carbocycles. The lowest BCUT2D eigenvalue weighted by molar-refractivity contribution is -0.193. The molecule has 17 heavy (non-hydrogen) atoms. The molecular weight excluding hydrogens is 232 g/mol. The Morgan fingerprint density at radius 3 is 2.65 bits per heavy atom. The molecule has 0 aromatic heterocycles. The predicted molar refractivity (Wildman–Crippen MR) is 54.5 cm³/mol. The molecule has 1 saturated heterocycles. The molecule has 0 unspecified atom stereocenters. The first-order chi connectivity index (χ1) is 8.01. The van der Waals surface area contributed by atoms with E-state index in [9.17, 15) is 15.0 Å². The average Bonchev–Trinajstić information content (AvgIpc) is 2.28. The summed E-state index contributed by atoms with van der Waals surface area (Å²) < 4.78 is 5.08. The van der Waals surface area contributed by atoms with Crippen molar-refractivity contribution in [1.82, 2.24) is 5.32 Å². The van der Waals surface area contributed by atoms with E-state index in [0.29, 0.717) is 0 Å². The maximum Gasteiger partial charge on any atom is 0.217 e. The number of hydrogen-bond acceptors (Lipinski definition) is 6. The summed E-state index contributed by atoms with van der Waals surface area (Å²) in [6.07, 6.45) is -5.01. The number of nitrogens with zero attached hydrogens (tertiary/aromatic N) is 3. The largest absolute Gasteiger partial charge is 0.394 e. The SMILES string of the molecule is CC(=O)N[C@@H]1[C@@H](O)[C@H](O)[C@@H](CO)O[C@@H]1N=[N+]=[N-]. The van der Waals surface area contributed by atoms with Crippen LogP contribution in [0.4, 0.5) is 0 Å². The molecule has 96 valence electrons. The molecule has 1 amide bonds. The third kappa shape index (κ3) is 3.05. The Hall–Kier alpha value is -1.38. The zero-order chi connectivity index (χ0) is 13.0. The minimum absolute atomic E-state index is 0.467. The van der Waals surface area contributed by atoms with Crippen molar-refractivity contribution in [3.63, 3.8) is 0 Å². The highest BCUT2D eigenvalue weighted by atomic mass is 16.5. The van der Waals surface area contributed by atoms with Gasteiger partial charge in [-0.25, -0.2) is 0 Å². The van der Waals surface area contributed by atoms with Gasteiger partial charge in [-0.05, 0) is 5.53 Å². The summed E-state index contributed by atoms with van der Waals surface area (Å²) in [6.45, 7) is 0.673. The Morgan fingerprint density at radius 1 is 1.53 bits per heavy atom. The molecule has 1 aliphatic heterocycles. The van der Waals surface area contributed by atoms with Crippen molar-refractivity contribution >= 4 is 5.91 Å². The summed E-state index contributed by atoms with van der Waals surface area (Å²) in [5, 5.41) is 33.8. The molecule has 5 atom stereocenters. The molecule has 0 saturated carbocycles. The maximum absolute atomic E-state index is 10.9. The van der Waals surface area contributed by atoms with Gasteiger partial charge in [-0.2, -0.15) is 0 Å². The predicted octanol–water partition coefficient (Wildman–Crippen LogP) is -1.76. The Balaban J connectivity index is 2.90. The van der Waals surface area contributed by atoms with Crippen LogP contribution in [-0.4, -0.2) is 58.4 Å². The van der Waals surface area contributed by atoms with E-state index in [1.165, 1.54) is 6.92 Å². The lowest BCUT2D eigenvalue weighted by Crippen LogP contribution is -2.63. The molecule has 9 nitrogen and oxygen atoms in total. The molecular formula is C8H14N4O5. The normalized spacial score (nSPS) is 37.1. The summed E-state index contributed by atoms with van der Waals surface area (Å²) in [5.41, 5.74) is 8.34. The van der Waals surface area contributed by atoms with Gasteiger partial charge in [0.1, 0.15) is 18.3 Å². The van der Waals surface area contributed by atoms with Gasteiger partial charge in [0, 0.05) is 11.8 Å². The highest BCUT2D eigenvalue weighted by Gasteiger charge is 2.44. The quantitative estimate of drug-likeness (QED) is 0.264. The van der Waals surface area contributed by atoms with Crippen molar-refractivity contribution in [1.29, 1.82) is 0 Å². The number of ether oxygens (including phenoxy) is 1. The second-order valence-electron chi connectivity index (χ2n) is 3.66. The third-order valence-corrected chi connectivity index (χ3v) is 2.44. The van der Waals surface area contributed by atoms with Crippen molar-refractivity contribution in [2.45, 2.75) is 37.5 Å². The first-order valence-electron chi connectivity index (χ1n) is 4.95. The molecule has 1 aliphatic rings. The van der Waals surface area contributed by atoms with E-state index < -0.39 is 43.1 Å². The average molecular weight is 246 g/mol. The number of nitrogens with one attached hydrogen (secondary N) is 1. The van der Waals surface area contributed by atoms with Crippen molar-refractivity contribution in [3.8, 4) is 0 Å². The number of carbonyl (C=O) groups is 1. The van der Waals surface area contributed by atoms with Gasteiger partial charge in [-0.3, -0.25) is 4.79 Å². The standard InChI is InChI=1S/C8H14N4O5/c1-3(14)10-5-7(16)6(15)4(2-13)17-8(5)11-12-9/h4-8,13,15-16H,2H2,1H3,(H,10,14)/t4-,5-,6-,7-,8+/m1/s1. The van der Waals surface area contributed by atoms with E-state index in [-0.39, 0.29) is 0 Å². The highest BCUT2D eigenvalue weighted by Crippen LogP contribution is 2.22. The molecule has 0 spiro atoms. The summed E-state index contributed by atoms with van der Waals surface area (Å²) in [7, 11) is 0. The van der Waals surface area contributed by atoms with Gasteiger partial charge >= 0.3 is 0 Å². The van der Waals surface area contributed by atoms with Crippen LogP contribution in [0.15, 0.2) is 5.11 Å². The third-order valence-electron chi connectivity index (χ3n) is 2.44. The second kappa shape index (κ2) is 5.80. The fourth-order valence-corrected chi connectivity index (χ4v) is 1.64. The van der Waals surface area contributed by atoms with Gasteiger partial charge in [-0.15, -0.1) is 0 Å². The van der Waals surface area contributed by atoms with Crippen LogP contribution in [0.3, 0.4) is 0 Å². The summed E-state index contributed by atoms with van der Waals surface area (Å²) in [5.74, 6) is -0.467. The first kappa shape index (κ1) is 13.7. The fraction of sp³-hybridized carbons (Fsp3) is 0.875. The second-order valence-corrected chi connectivity index (χ2v) is 3.66. The van der Waals surface area contributed by atoms with Gasteiger partial charge in [0.05, 0.1) is 12.6 Å². The van der Waals surface area contributed by atoms with Crippen LogP contribution in [0, 0.1) is 0 Å². The monoisotopic (exact) mass is 246 g/mol. The van der Waals surface area contributed by atoms with Crippen LogP contribution < -0.4 is 5.32 Å². The van der Waals surface area contributed by atoms with Crippen LogP contribution in [0.5, 0.6) is 0 Å². The van der Waals surface area contributed by atoms with Gasteiger partial charge < -0.3 is 25.4 Å². The van der Waals surface area contributed by atoms with Crippen LogP contribution >= 0.6 is 0 Å². The molecule has 0 bridgehead atoms. The zero-order valence-electron chi connectivity index (χ0n) is 9.09. The van der Waals surface area contributed by atoms with E-state index in [1.807, 2.05) is 0 Å². The molecule has 0 radical (unpaired) electrons. The number of aliphatic hydroxyl groups is 3. The Labute approximate surface area is 96.6 Å². The topological polar surface area (TPSA) is 148 Å². The molecule has 1 heterocycles. The van der Waals surface area contributed by atoms with Gasteiger partial charge in [0.2, 0.25) is 5.91 Å². The van der Waals surface area contributed by atoms with Crippen LogP contribution in [0.2, 0.25) is 0 Å². The van der Waals surface area contributed by atoms with Crippen molar-refractivity contribution in [2.24, 2.45) is 5.11 Å². The van der Waals surface area contributed by atoms with Crippen molar-refractivity contribution < 1.29 is 24.9 Å². The van der Waals surface area contributed by atoms with Crippen LogP contribution in [0.1, 0.15) is 6.92 Å². The number of aliphatic hydroxyl groups excluding tert-OH is 3. The summed E-state index contributed by atoms with van der Waals surface area (Å²) >= 11 is 0. The zero-order valence-corrected chi connectivity index (χ0v) is 9.09. The number of amides is 1. The lowest BCUT2D eigenvalue weighted by atomic mass is 9.96. The number of rotatable bonds is 3. The van der Waals surface area contributed by atoms with Crippen LogP contribution in [0.25, 0.3) is 10.4 Å². The van der Waals surface area contributed by atoms with Gasteiger partial charge in [0.25, 0.3) is 0 Å². The fourth-order valence-electron chi connectivity index (χ4n) is 1.64. The van der Waals surface area contributed by atoms with Crippen molar-refractivity contribution in [3.05, 3.63) is 10.4 Å². The Bertz CT molecular complexity index is 332. The maximum atomic E-state index is 10.9. The molecule has 1 rings (SSSR count). The number of carbonyl (C=O) groups excluding carboxylic acids is 1. The highest BCUT2D eigenvalue weighted by molar-refractivity contribution is 5.73. The van der Waals surface area contributed by atoms with Crippen molar-refractivity contribution in [2.75, 3.05) is 6.61 Å². The molecule has 9 heteroatoms. The minimum atomic E-state index is -1.39. The molecule has 1 fully saturated rings. The van der Waals surface area contributed by atoms with E-state index >= 15 is 0 Å². The minimum Gasteiger partial charge on any atom is -0.394 e. The molecule has 4 N–H and O–H groups in total. The summed E-state index contributed by atoms with van der Waals surface area (Å²) in [6, 6.07) is -1.05. The number of hydrogen-bond donors (Lipinski definition) is 4. The van der Waals surface area contributed by atoms with Gasteiger partial charge in [-0.1, -0.05) is 5.11 Å². The van der Waals surface area contributed by atoms with Crippen LogP contribution in [-0.2, 0) is 9.53 Å². The summed E-state index contributed by atoms with van der Waals surface area (Å²) in [4.78, 5) is 13.4. The van der Waals surface area contributed by atoms with Gasteiger partial charge in [0.15, 0.2) is 6.23 Å². The first-order valence-corrected chi connectivity index (χ1v) is 4.95. The Morgan fingerprint density at radius 2 is 2.18 bits per heavy atom. The van der Waals surface area contributed by atoms with E-state index in [1.54, 1.807) is 0 Å². The smallest absolute Gasteiger partial charge is 0.217 e. The van der Waals surface area contributed by atoms with E-state index in [2.05, 4.69) is 15.3 Å². The lowest BCUT2D eigenvalue weighted by Gasteiger charge is -2.40. The molecule has 0 aliphatic carbocycles.